The van der Waals surface area contributed by atoms with E-state index in [0.29, 0.717) is 0 Å². The molecule has 2 heteroatoms. The predicted octanol–water partition coefficient (Wildman–Crippen LogP) is 1.10. The van der Waals surface area contributed by atoms with Gasteiger partial charge in [0, 0.05) is 17.5 Å². The van der Waals surface area contributed by atoms with Gasteiger partial charge in [0.05, 0.1) is 0 Å². The SMILES string of the molecule is CNCCSC1CC1. The first kappa shape index (κ1) is 6.43. The van der Waals surface area contributed by atoms with E-state index in [1.165, 1.54) is 25.1 Å². The van der Waals surface area contributed by atoms with E-state index in [1.807, 2.05) is 7.05 Å². The van der Waals surface area contributed by atoms with Gasteiger partial charge in [0.1, 0.15) is 0 Å². The predicted molar refractivity (Wildman–Crippen MR) is 39.4 cm³/mol. The second kappa shape index (κ2) is 3.36. The number of rotatable bonds is 4. The van der Waals surface area contributed by atoms with Crippen molar-refractivity contribution < 1.29 is 0 Å². The molecule has 0 aromatic carbocycles. The molecular formula is C6H13NS. The van der Waals surface area contributed by atoms with Gasteiger partial charge in [0.15, 0.2) is 0 Å². The molecule has 8 heavy (non-hydrogen) atoms. The lowest BCUT2D eigenvalue weighted by Crippen LogP contribution is -2.09. The third kappa shape index (κ3) is 2.58. The maximum absolute atomic E-state index is 3.13. The summed E-state index contributed by atoms with van der Waals surface area (Å²) in [6.07, 6.45) is 2.93. The summed E-state index contributed by atoms with van der Waals surface area (Å²) in [6, 6.07) is 0. The minimum absolute atomic E-state index is 1.03. The van der Waals surface area contributed by atoms with Gasteiger partial charge in [-0.15, -0.1) is 0 Å². The molecule has 0 aliphatic heterocycles. The van der Waals surface area contributed by atoms with Gasteiger partial charge in [-0.3, -0.25) is 0 Å². The molecule has 1 N–H and O–H groups in total. The van der Waals surface area contributed by atoms with Crippen molar-refractivity contribution in [1.82, 2.24) is 5.32 Å². The molecule has 0 atom stereocenters. The minimum Gasteiger partial charge on any atom is -0.319 e. The largest absolute Gasteiger partial charge is 0.319 e. The Morgan fingerprint density at radius 1 is 1.62 bits per heavy atom. The quantitative estimate of drug-likeness (QED) is 0.573. The number of thioether (sulfide) groups is 1. The lowest BCUT2D eigenvalue weighted by atomic mass is 10.8. The van der Waals surface area contributed by atoms with Gasteiger partial charge in [-0.25, -0.2) is 0 Å². The van der Waals surface area contributed by atoms with Crippen molar-refractivity contribution >= 4 is 11.8 Å². The van der Waals surface area contributed by atoms with E-state index in [1.54, 1.807) is 0 Å². The Morgan fingerprint density at radius 2 is 2.38 bits per heavy atom. The molecule has 0 heterocycles. The van der Waals surface area contributed by atoms with Crippen molar-refractivity contribution in [3.63, 3.8) is 0 Å². The maximum Gasteiger partial charge on any atom is 0.00607 e. The van der Waals surface area contributed by atoms with Crippen LogP contribution < -0.4 is 5.32 Å². The van der Waals surface area contributed by atoms with E-state index in [0.717, 1.165) is 5.25 Å². The molecule has 0 amide bonds. The van der Waals surface area contributed by atoms with Gasteiger partial charge in [-0.05, 0) is 19.9 Å². The molecule has 1 aliphatic carbocycles. The smallest absolute Gasteiger partial charge is 0.00607 e. The van der Waals surface area contributed by atoms with Crippen LogP contribution in [0.25, 0.3) is 0 Å². The highest BCUT2D eigenvalue weighted by atomic mass is 32.2. The fourth-order valence-corrected chi connectivity index (χ4v) is 1.69. The van der Waals surface area contributed by atoms with Gasteiger partial charge in [-0.2, -0.15) is 11.8 Å². The van der Waals surface area contributed by atoms with Crippen molar-refractivity contribution in [2.45, 2.75) is 18.1 Å². The van der Waals surface area contributed by atoms with Gasteiger partial charge in [-0.1, -0.05) is 0 Å². The molecule has 0 aromatic rings. The zero-order valence-electron chi connectivity index (χ0n) is 5.31. The molecule has 1 rings (SSSR count). The lowest BCUT2D eigenvalue weighted by Gasteiger charge is -1.95. The highest BCUT2D eigenvalue weighted by Crippen LogP contribution is 2.33. The van der Waals surface area contributed by atoms with Gasteiger partial charge in [0.2, 0.25) is 0 Å². The third-order valence-corrected chi connectivity index (χ3v) is 2.61. The first-order valence-corrected chi connectivity index (χ1v) is 4.24. The fourth-order valence-electron chi connectivity index (χ4n) is 0.562. The molecule has 1 fully saturated rings. The normalized spacial score (nSPS) is 19.1. The monoisotopic (exact) mass is 131 g/mol. The Morgan fingerprint density at radius 3 is 2.88 bits per heavy atom. The van der Waals surface area contributed by atoms with Crippen LogP contribution in [-0.2, 0) is 0 Å². The molecule has 0 radical (unpaired) electrons. The average Bonchev–Trinajstić information content (AvgIpc) is 2.51. The fraction of sp³-hybridized carbons (Fsp3) is 1.00. The van der Waals surface area contributed by atoms with Crippen LogP contribution in [-0.4, -0.2) is 24.6 Å². The topological polar surface area (TPSA) is 12.0 Å². The zero-order chi connectivity index (χ0) is 5.82. The van der Waals surface area contributed by atoms with E-state index in [2.05, 4.69) is 17.1 Å². The molecule has 1 saturated carbocycles. The minimum atomic E-state index is 1.03. The highest BCUT2D eigenvalue weighted by Gasteiger charge is 2.20. The van der Waals surface area contributed by atoms with Crippen molar-refractivity contribution in [1.29, 1.82) is 0 Å². The van der Waals surface area contributed by atoms with Crippen molar-refractivity contribution in [3.05, 3.63) is 0 Å². The van der Waals surface area contributed by atoms with Gasteiger partial charge < -0.3 is 5.32 Å². The van der Waals surface area contributed by atoms with Crippen LogP contribution in [0.5, 0.6) is 0 Å². The zero-order valence-corrected chi connectivity index (χ0v) is 6.13. The van der Waals surface area contributed by atoms with Crippen molar-refractivity contribution in [2.75, 3.05) is 19.3 Å². The van der Waals surface area contributed by atoms with E-state index in [4.69, 9.17) is 0 Å². The summed E-state index contributed by atoms with van der Waals surface area (Å²) in [5.74, 6) is 1.29. The van der Waals surface area contributed by atoms with Crippen LogP contribution in [0.15, 0.2) is 0 Å². The average molecular weight is 131 g/mol. The molecule has 0 aromatic heterocycles. The summed E-state index contributed by atoms with van der Waals surface area (Å²) < 4.78 is 0. The van der Waals surface area contributed by atoms with E-state index in [-0.39, 0.29) is 0 Å². The van der Waals surface area contributed by atoms with E-state index in [9.17, 15) is 0 Å². The summed E-state index contributed by atoms with van der Waals surface area (Å²) in [7, 11) is 2.01. The number of hydrogen-bond acceptors (Lipinski definition) is 2. The second-order valence-electron chi connectivity index (χ2n) is 2.17. The molecule has 0 bridgehead atoms. The summed E-state index contributed by atoms with van der Waals surface area (Å²) in [5.41, 5.74) is 0. The van der Waals surface area contributed by atoms with Crippen LogP contribution in [0.1, 0.15) is 12.8 Å². The molecule has 1 aliphatic rings. The molecule has 0 saturated heterocycles. The Bertz CT molecular complexity index is 61.5. The van der Waals surface area contributed by atoms with Crippen LogP contribution in [0.3, 0.4) is 0 Å². The first-order valence-electron chi connectivity index (χ1n) is 3.19. The van der Waals surface area contributed by atoms with Crippen LogP contribution >= 0.6 is 11.8 Å². The summed E-state index contributed by atoms with van der Waals surface area (Å²) >= 11 is 2.10. The lowest BCUT2D eigenvalue weighted by molar-refractivity contribution is 0.871. The summed E-state index contributed by atoms with van der Waals surface area (Å²) in [4.78, 5) is 0. The Labute approximate surface area is 55.2 Å². The van der Waals surface area contributed by atoms with Crippen LogP contribution in [0.2, 0.25) is 0 Å². The first-order chi connectivity index (χ1) is 3.93. The third-order valence-electron chi connectivity index (χ3n) is 1.23. The van der Waals surface area contributed by atoms with Gasteiger partial charge >= 0.3 is 0 Å². The Hall–Kier alpha value is 0.310. The van der Waals surface area contributed by atoms with Gasteiger partial charge in [0.25, 0.3) is 0 Å². The maximum atomic E-state index is 3.13. The highest BCUT2D eigenvalue weighted by molar-refractivity contribution is 8.00. The number of hydrogen-bond donors (Lipinski definition) is 1. The van der Waals surface area contributed by atoms with Crippen molar-refractivity contribution in [3.8, 4) is 0 Å². The summed E-state index contributed by atoms with van der Waals surface area (Å²) in [6.45, 7) is 1.17. The Balaban J connectivity index is 1.74. The van der Waals surface area contributed by atoms with Crippen LogP contribution in [0, 0.1) is 0 Å². The van der Waals surface area contributed by atoms with Crippen LogP contribution in [0.4, 0.5) is 0 Å². The second-order valence-corrected chi connectivity index (χ2v) is 3.58. The standard InChI is InChI=1S/C6H13NS/c1-7-4-5-8-6-2-3-6/h6-7H,2-5H2,1H3. The summed E-state index contributed by atoms with van der Waals surface area (Å²) in [5, 5.41) is 4.16. The molecule has 48 valence electrons. The molecule has 0 spiro atoms. The molecule has 1 nitrogen and oxygen atoms in total. The van der Waals surface area contributed by atoms with Crippen molar-refractivity contribution in [2.24, 2.45) is 0 Å². The molecular weight excluding hydrogens is 118 g/mol. The van der Waals surface area contributed by atoms with E-state index >= 15 is 0 Å². The van der Waals surface area contributed by atoms with E-state index < -0.39 is 0 Å². The number of nitrogens with one attached hydrogen (secondary N) is 1. The Kier molecular flexibility index (Phi) is 2.70. The molecule has 0 unspecified atom stereocenters.